The predicted molar refractivity (Wildman–Crippen MR) is 143 cm³/mol. The van der Waals surface area contributed by atoms with E-state index in [0.717, 1.165) is 11.3 Å². The highest BCUT2D eigenvalue weighted by Crippen LogP contribution is 2.59. The van der Waals surface area contributed by atoms with E-state index in [2.05, 4.69) is 10.6 Å². The van der Waals surface area contributed by atoms with Crippen molar-refractivity contribution in [3.8, 4) is 0 Å². The molecule has 0 saturated heterocycles. The Kier molecular flexibility index (Phi) is 6.78. The van der Waals surface area contributed by atoms with Crippen molar-refractivity contribution in [3.63, 3.8) is 0 Å². The molecule has 5 rings (SSSR count). The first-order valence-corrected chi connectivity index (χ1v) is 13.0. The van der Waals surface area contributed by atoms with Gasteiger partial charge in [-0.3, -0.25) is 25.0 Å². The van der Waals surface area contributed by atoms with Gasteiger partial charge in [0, 0.05) is 41.6 Å². The minimum Gasteiger partial charge on any atom is -0.377 e. The molecule has 1 amide bonds. The van der Waals surface area contributed by atoms with Crippen LogP contribution in [0.3, 0.4) is 0 Å². The molecule has 5 atom stereocenters. The Morgan fingerprint density at radius 2 is 1.68 bits per heavy atom. The van der Waals surface area contributed by atoms with Gasteiger partial charge in [0.2, 0.25) is 5.91 Å². The Bertz CT molecular complexity index is 1400. The minimum absolute atomic E-state index is 0.0213. The zero-order chi connectivity index (χ0) is 26.3. The average molecular weight is 539 g/mol. The van der Waals surface area contributed by atoms with E-state index in [0.29, 0.717) is 22.6 Å². The molecule has 190 valence electrons. The third-order valence-electron chi connectivity index (χ3n) is 6.94. The number of para-hydroxylation sites is 2. The molecule has 37 heavy (non-hydrogen) atoms. The molecule has 11 heteroatoms. The second-order valence-corrected chi connectivity index (χ2v) is 11.0. The molecule has 3 aromatic rings. The van der Waals surface area contributed by atoms with Gasteiger partial charge in [-0.2, -0.15) is 0 Å². The monoisotopic (exact) mass is 538 g/mol. The SMILES string of the molecule is CC(=O)Nc1ccc2c(c1)[C@@H]1[C@H](Cl)[C@H](Sc3ccccc3[N+](=O)[O-])C[C@@H]1[C@@H](c1ccccc1[N+](=O)[O-])N2. The smallest absolute Gasteiger partial charge is 0.282 e. The lowest BCUT2D eigenvalue weighted by molar-refractivity contribution is -0.387. The molecule has 9 nitrogen and oxygen atoms in total. The van der Waals surface area contributed by atoms with Gasteiger partial charge in [-0.05, 0) is 42.2 Å². The van der Waals surface area contributed by atoms with Gasteiger partial charge in [0.05, 0.1) is 31.7 Å². The van der Waals surface area contributed by atoms with Crippen LogP contribution in [-0.4, -0.2) is 26.4 Å². The minimum atomic E-state index is -0.409. The molecule has 0 radical (unpaired) electrons. The molecular weight excluding hydrogens is 516 g/mol. The summed E-state index contributed by atoms with van der Waals surface area (Å²) in [5.41, 5.74) is 2.96. The van der Waals surface area contributed by atoms with Crippen LogP contribution >= 0.6 is 23.4 Å². The summed E-state index contributed by atoms with van der Waals surface area (Å²) in [6.45, 7) is 1.43. The van der Waals surface area contributed by atoms with Crippen LogP contribution in [-0.2, 0) is 4.79 Å². The van der Waals surface area contributed by atoms with Crippen molar-refractivity contribution in [2.75, 3.05) is 10.6 Å². The van der Waals surface area contributed by atoms with Gasteiger partial charge < -0.3 is 10.6 Å². The van der Waals surface area contributed by atoms with Crippen LogP contribution in [0, 0.1) is 26.1 Å². The second kappa shape index (κ2) is 10.0. The molecule has 1 aliphatic carbocycles. The van der Waals surface area contributed by atoms with Crippen LogP contribution in [0.15, 0.2) is 71.6 Å². The highest BCUT2D eigenvalue weighted by molar-refractivity contribution is 8.00. The van der Waals surface area contributed by atoms with Crippen molar-refractivity contribution in [1.82, 2.24) is 0 Å². The largest absolute Gasteiger partial charge is 0.377 e. The van der Waals surface area contributed by atoms with Gasteiger partial charge in [0.25, 0.3) is 11.4 Å². The van der Waals surface area contributed by atoms with Crippen molar-refractivity contribution in [3.05, 3.63) is 98.1 Å². The highest BCUT2D eigenvalue weighted by atomic mass is 35.5. The van der Waals surface area contributed by atoms with Crippen molar-refractivity contribution in [1.29, 1.82) is 0 Å². The zero-order valence-corrected chi connectivity index (χ0v) is 21.2. The number of thioether (sulfide) groups is 1. The number of alkyl halides is 1. The fourth-order valence-corrected chi connectivity index (χ4v) is 7.44. The normalized spacial score (nSPS) is 23.9. The van der Waals surface area contributed by atoms with Gasteiger partial charge in [-0.25, -0.2) is 0 Å². The Hall–Kier alpha value is -3.63. The van der Waals surface area contributed by atoms with Gasteiger partial charge >= 0.3 is 0 Å². The summed E-state index contributed by atoms with van der Waals surface area (Å²) >= 11 is 8.51. The number of fused-ring (bicyclic) bond motifs is 3. The first-order chi connectivity index (χ1) is 17.7. The van der Waals surface area contributed by atoms with Crippen LogP contribution in [0.4, 0.5) is 22.7 Å². The fraction of sp³-hybridized carbons (Fsp3) is 0.269. The number of anilines is 2. The Balaban J connectivity index is 1.58. The van der Waals surface area contributed by atoms with Gasteiger partial charge in [0.1, 0.15) is 0 Å². The summed E-state index contributed by atoms with van der Waals surface area (Å²) in [7, 11) is 0. The third-order valence-corrected chi connectivity index (χ3v) is 9.06. The maximum absolute atomic E-state index is 11.9. The average Bonchev–Trinajstić information content (AvgIpc) is 3.19. The Morgan fingerprint density at radius 3 is 2.38 bits per heavy atom. The number of carbonyl (C=O) groups excluding carboxylic acids is 1. The summed E-state index contributed by atoms with van der Waals surface area (Å²) in [6, 6.07) is 18.4. The summed E-state index contributed by atoms with van der Waals surface area (Å²) in [5.74, 6) is -0.516. The van der Waals surface area contributed by atoms with Crippen molar-refractivity contribution < 1.29 is 14.6 Å². The zero-order valence-electron chi connectivity index (χ0n) is 19.7. The topological polar surface area (TPSA) is 127 Å². The summed E-state index contributed by atoms with van der Waals surface area (Å²) < 4.78 is 0. The number of hydrogen-bond donors (Lipinski definition) is 2. The number of benzene rings is 3. The predicted octanol–water partition coefficient (Wildman–Crippen LogP) is 6.50. The van der Waals surface area contributed by atoms with E-state index >= 15 is 0 Å². The highest BCUT2D eigenvalue weighted by Gasteiger charge is 2.51. The van der Waals surface area contributed by atoms with E-state index in [9.17, 15) is 25.0 Å². The molecule has 1 heterocycles. The van der Waals surface area contributed by atoms with E-state index in [-0.39, 0.29) is 45.3 Å². The molecule has 0 unspecified atom stereocenters. The van der Waals surface area contributed by atoms with Crippen LogP contribution in [0.2, 0.25) is 0 Å². The maximum atomic E-state index is 11.9. The molecule has 0 bridgehead atoms. The Morgan fingerprint density at radius 1 is 1.00 bits per heavy atom. The summed E-state index contributed by atoms with van der Waals surface area (Å²) in [5, 5.41) is 29.2. The lowest BCUT2D eigenvalue weighted by atomic mass is 9.76. The number of nitrogens with zero attached hydrogens (tertiary/aromatic N) is 2. The molecule has 0 aromatic heterocycles. The second-order valence-electron chi connectivity index (χ2n) is 9.17. The quantitative estimate of drug-likeness (QED) is 0.208. The van der Waals surface area contributed by atoms with Crippen molar-refractivity contribution in [2.24, 2.45) is 5.92 Å². The number of amides is 1. The number of nitro benzene ring substituents is 2. The summed E-state index contributed by atoms with van der Waals surface area (Å²) in [4.78, 5) is 34.9. The molecule has 2 N–H and O–H groups in total. The number of hydrogen-bond acceptors (Lipinski definition) is 7. The molecule has 1 saturated carbocycles. The lowest BCUT2D eigenvalue weighted by Gasteiger charge is -2.38. The number of nitrogens with one attached hydrogen (secondary N) is 2. The first kappa shape index (κ1) is 25.0. The van der Waals surface area contributed by atoms with Crippen LogP contribution in [0.1, 0.15) is 36.4 Å². The van der Waals surface area contributed by atoms with Gasteiger partial charge in [0.15, 0.2) is 0 Å². The van der Waals surface area contributed by atoms with E-state index in [1.54, 1.807) is 42.5 Å². The molecule has 0 spiro atoms. The molecular formula is C26H23ClN4O5S. The lowest BCUT2D eigenvalue weighted by Crippen LogP contribution is -2.31. The Labute approximate surface area is 221 Å². The fourth-order valence-electron chi connectivity index (χ4n) is 5.49. The number of rotatable bonds is 6. The molecule has 1 fully saturated rings. The standard InChI is InChI=1S/C26H23ClN4O5S/c1-14(32)28-15-10-11-19-17(12-15)24-18(26(29-19)16-6-2-3-7-20(16)30(33)34)13-23(25(24)27)37-22-9-5-4-8-21(22)31(35)36/h2-12,18,23-26,29H,13H2,1H3,(H,28,32)/t18-,23+,24-,25+,26+/m0/s1. The van der Waals surface area contributed by atoms with E-state index in [1.165, 1.54) is 30.8 Å². The van der Waals surface area contributed by atoms with E-state index in [1.807, 2.05) is 12.1 Å². The first-order valence-electron chi connectivity index (χ1n) is 11.7. The number of halogens is 1. The third kappa shape index (κ3) is 4.74. The maximum Gasteiger partial charge on any atom is 0.282 e. The van der Waals surface area contributed by atoms with Crippen LogP contribution < -0.4 is 10.6 Å². The molecule has 2 aliphatic rings. The van der Waals surface area contributed by atoms with Gasteiger partial charge in [-0.15, -0.1) is 23.4 Å². The molecule has 3 aromatic carbocycles. The van der Waals surface area contributed by atoms with Crippen molar-refractivity contribution in [2.45, 2.75) is 40.8 Å². The van der Waals surface area contributed by atoms with Crippen LogP contribution in [0.25, 0.3) is 0 Å². The van der Waals surface area contributed by atoms with Crippen molar-refractivity contribution >= 4 is 52.0 Å². The summed E-state index contributed by atoms with van der Waals surface area (Å²) in [6.07, 6.45) is 0.586. The molecule has 1 aliphatic heterocycles. The number of nitro groups is 2. The van der Waals surface area contributed by atoms with Gasteiger partial charge in [-0.1, -0.05) is 30.3 Å². The van der Waals surface area contributed by atoms with Crippen LogP contribution in [0.5, 0.6) is 0 Å². The van der Waals surface area contributed by atoms with E-state index < -0.39 is 10.3 Å². The number of carbonyl (C=O) groups is 1. The van der Waals surface area contributed by atoms with E-state index in [4.69, 9.17) is 11.6 Å².